The Kier molecular flexibility index (Phi) is 7.23. The van der Waals surface area contributed by atoms with Gasteiger partial charge in [0.2, 0.25) is 0 Å². The van der Waals surface area contributed by atoms with E-state index in [2.05, 4.69) is 193 Å². The summed E-state index contributed by atoms with van der Waals surface area (Å²) in [6.07, 6.45) is 0. The Hall–Kier alpha value is -7.21. The number of aromatic nitrogens is 1. The predicted octanol–water partition coefficient (Wildman–Crippen LogP) is 13.6. The molecule has 246 valence electrons. The Bertz CT molecular complexity index is 2920. The fraction of sp³-hybridized carbons (Fsp3) is 0. The summed E-state index contributed by atoms with van der Waals surface area (Å²) in [5.74, 6) is 0. The van der Waals surface area contributed by atoms with Crippen molar-refractivity contribution in [2.24, 2.45) is 0 Å². The average Bonchev–Trinajstić information content (AvgIpc) is 3.57. The van der Waals surface area contributed by atoms with E-state index in [1.165, 1.54) is 54.6 Å². The van der Waals surface area contributed by atoms with Crippen LogP contribution in [0.2, 0.25) is 0 Å². The topological polar surface area (TPSA) is 28.7 Å². The minimum absolute atomic E-state index is 0.635. The zero-order valence-electron chi connectivity index (χ0n) is 28.9. The fourth-order valence-corrected chi connectivity index (χ4v) is 8.21. The molecule has 0 amide bonds. The summed E-state index contributed by atoms with van der Waals surface area (Å²) in [4.78, 5) is 0. The van der Waals surface area contributed by atoms with Gasteiger partial charge in [0, 0.05) is 16.5 Å². The summed E-state index contributed by atoms with van der Waals surface area (Å²) in [6, 6.07) is 71.5. The van der Waals surface area contributed by atoms with Crippen molar-refractivity contribution in [2.75, 3.05) is 0 Å². The van der Waals surface area contributed by atoms with E-state index in [0.717, 1.165) is 39.0 Å². The van der Waals surface area contributed by atoms with Gasteiger partial charge < -0.3 is 4.57 Å². The second-order valence-electron chi connectivity index (χ2n) is 13.6. The average molecular weight is 673 g/mol. The largest absolute Gasteiger partial charge is 0.309 e. The lowest BCUT2D eigenvalue weighted by Gasteiger charge is -2.18. The summed E-state index contributed by atoms with van der Waals surface area (Å²) < 4.78 is 2.27. The third-order valence-corrected chi connectivity index (χ3v) is 10.6. The molecule has 2 nitrogen and oxygen atoms in total. The van der Waals surface area contributed by atoms with Crippen molar-refractivity contribution in [2.45, 2.75) is 0 Å². The molecule has 0 saturated carbocycles. The van der Waals surface area contributed by atoms with E-state index in [0.29, 0.717) is 5.56 Å². The number of rotatable bonds is 5. The molecule has 0 aliphatic rings. The minimum atomic E-state index is 0.635. The van der Waals surface area contributed by atoms with Crippen LogP contribution in [-0.2, 0) is 0 Å². The first-order valence-electron chi connectivity index (χ1n) is 18.0. The number of hydrogen-bond acceptors (Lipinski definition) is 1. The monoisotopic (exact) mass is 672 g/mol. The zero-order valence-corrected chi connectivity index (χ0v) is 28.9. The van der Waals surface area contributed by atoms with E-state index in [4.69, 9.17) is 0 Å². The molecule has 2 heteroatoms. The molecule has 0 saturated heterocycles. The van der Waals surface area contributed by atoms with E-state index in [9.17, 15) is 5.26 Å². The molecule has 9 aromatic carbocycles. The summed E-state index contributed by atoms with van der Waals surface area (Å²) >= 11 is 0. The lowest BCUT2D eigenvalue weighted by atomic mass is 9.86. The first-order chi connectivity index (χ1) is 26.2. The Balaban J connectivity index is 1.03. The van der Waals surface area contributed by atoms with Crippen LogP contribution in [0.4, 0.5) is 0 Å². The SMILES string of the molecule is N#Cc1cc(-c2ccc(-c3ccc(-c4c5ccccc5c(-c5ccccc5)c5ccccc45)cc3)cc2)cc(-n2c3ccccc3c3ccccc32)c1. The van der Waals surface area contributed by atoms with E-state index in [1.807, 2.05) is 12.1 Å². The van der Waals surface area contributed by atoms with Crippen LogP contribution in [0, 0.1) is 11.3 Å². The van der Waals surface area contributed by atoms with Crippen LogP contribution in [-0.4, -0.2) is 4.57 Å². The maximum Gasteiger partial charge on any atom is 0.0992 e. The molecule has 0 spiro atoms. The lowest BCUT2D eigenvalue weighted by Crippen LogP contribution is -1.96. The van der Waals surface area contributed by atoms with E-state index in [1.54, 1.807) is 0 Å². The Labute approximate surface area is 308 Å². The van der Waals surface area contributed by atoms with Gasteiger partial charge in [0.15, 0.2) is 0 Å². The first kappa shape index (κ1) is 30.6. The summed E-state index contributed by atoms with van der Waals surface area (Å²) in [6.45, 7) is 0. The van der Waals surface area contributed by atoms with E-state index < -0.39 is 0 Å². The molecular weight excluding hydrogens is 641 g/mol. The second-order valence-corrected chi connectivity index (χ2v) is 13.6. The molecule has 10 rings (SSSR count). The molecule has 1 heterocycles. The van der Waals surface area contributed by atoms with Gasteiger partial charge in [-0.3, -0.25) is 0 Å². The van der Waals surface area contributed by atoms with E-state index >= 15 is 0 Å². The number of para-hydroxylation sites is 2. The highest BCUT2D eigenvalue weighted by Crippen LogP contribution is 2.44. The Morgan fingerprint density at radius 3 is 1.17 bits per heavy atom. The maximum absolute atomic E-state index is 10.1. The van der Waals surface area contributed by atoms with Gasteiger partial charge in [-0.05, 0) is 96.4 Å². The zero-order chi connectivity index (χ0) is 35.3. The van der Waals surface area contributed by atoms with Crippen LogP contribution >= 0.6 is 0 Å². The van der Waals surface area contributed by atoms with Crippen molar-refractivity contribution in [3.8, 4) is 56.3 Å². The maximum atomic E-state index is 10.1. The molecular formula is C51H32N2. The third kappa shape index (κ3) is 5.10. The highest BCUT2D eigenvalue weighted by molar-refractivity contribution is 6.21. The molecule has 53 heavy (non-hydrogen) atoms. The van der Waals surface area contributed by atoms with Crippen molar-refractivity contribution in [1.82, 2.24) is 4.57 Å². The molecule has 0 radical (unpaired) electrons. The molecule has 0 unspecified atom stereocenters. The molecule has 0 aliphatic carbocycles. The van der Waals surface area contributed by atoms with Crippen molar-refractivity contribution >= 4 is 43.4 Å². The van der Waals surface area contributed by atoms with Gasteiger partial charge in [-0.25, -0.2) is 0 Å². The molecule has 0 N–H and O–H groups in total. The number of fused-ring (bicyclic) bond motifs is 5. The molecule has 0 atom stereocenters. The summed E-state index contributed by atoms with van der Waals surface area (Å²) in [5, 5.41) is 17.5. The molecule has 0 fully saturated rings. The van der Waals surface area contributed by atoms with Crippen molar-refractivity contribution in [3.05, 3.63) is 200 Å². The number of hydrogen-bond donors (Lipinski definition) is 0. The van der Waals surface area contributed by atoms with E-state index in [-0.39, 0.29) is 0 Å². The van der Waals surface area contributed by atoms with Crippen LogP contribution in [0.3, 0.4) is 0 Å². The Morgan fingerprint density at radius 2 is 0.698 bits per heavy atom. The van der Waals surface area contributed by atoms with Gasteiger partial charge in [-0.1, -0.05) is 164 Å². The number of benzene rings is 9. The Morgan fingerprint density at radius 1 is 0.321 bits per heavy atom. The minimum Gasteiger partial charge on any atom is -0.309 e. The van der Waals surface area contributed by atoms with Crippen molar-refractivity contribution in [3.63, 3.8) is 0 Å². The molecule has 0 aliphatic heterocycles. The third-order valence-electron chi connectivity index (χ3n) is 10.6. The predicted molar refractivity (Wildman–Crippen MR) is 222 cm³/mol. The molecule has 0 bridgehead atoms. The fourth-order valence-electron chi connectivity index (χ4n) is 8.21. The number of nitrogens with zero attached hydrogens (tertiary/aromatic N) is 2. The van der Waals surface area contributed by atoms with Crippen LogP contribution in [0.15, 0.2) is 194 Å². The summed E-state index contributed by atoms with van der Waals surface area (Å²) in [5.41, 5.74) is 13.2. The van der Waals surface area contributed by atoms with Gasteiger partial charge in [0.25, 0.3) is 0 Å². The number of nitriles is 1. The highest BCUT2D eigenvalue weighted by Gasteiger charge is 2.17. The summed E-state index contributed by atoms with van der Waals surface area (Å²) in [7, 11) is 0. The highest BCUT2D eigenvalue weighted by atomic mass is 15.0. The molecule has 1 aromatic heterocycles. The van der Waals surface area contributed by atoms with Crippen molar-refractivity contribution < 1.29 is 0 Å². The normalized spacial score (nSPS) is 11.4. The van der Waals surface area contributed by atoms with Gasteiger partial charge in [0.05, 0.1) is 22.7 Å². The quantitative estimate of drug-likeness (QED) is 0.167. The van der Waals surface area contributed by atoms with Crippen LogP contribution < -0.4 is 0 Å². The molecule has 10 aromatic rings. The van der Waals surface area contributed by atoms with Crippen LogP contribution in [0.5, 0.6) is 0 Å². The van der Waals surface area contributed by atoms with Crippen LogP contribution in [0.25, 0.3) is 93.5 Å². The van der Waals surface area contributed by atoms with Crippen molar-refractivity contribution in [1.29, 1.82) is 5.26 Å². The second kappa shape index (κ2) is 12.5. The van der Waals surface area contributed by atoms with Gasteiger partial charge in [-0.15, -0.1) is 0 Å². The lowest BCUT2D eigenvalue weighted by molar-refractivity contribution is 1.18. The first-order valence-corrected chi connectivity index (χ1v) is 18.0. The smallest absolute Gasteiger partial charge is 0.0992 e. The van der Waals surface area contributed by atoms with Crippen LogP contribution in [0.1, 0.15) is 5.56 Å². The standard InChI is InChI=1S/C51H32N2/c52-33-34-30-40(32-41(31-34)53-48-20-10-8-14-42(48)43-15-9-11-21-49(43)53)37-24-22-35(23-25-37)36-26-28-39(29-27-36)51-46-18-6-4-16-44(46)50(38-12-2-1-3-13-38)45-17-5-7-19-47(45)51/h1-32H. The van der Waals surface area contributed by atoms with Gasteiger partial charge >= 0.3 is 0 Å². The van der Waals surface area contributed by atoms with Gasteiger partial charge in [0.1, 0.15) is 0 Å². The van der Waals surface area contributed by atoms with Gasteiger partial charge in [-0.2, -0.15) is 5.26 Å².